The fraction of sp³-hybridized carbons (Fsp3) is 0.167. The maximum Gasteiger partial charge on any atom is 0.277 e. The first-order chi connectivity index (χ1) is 12.6. The fourth-order valence-corrected chi connectivity index (χ4v) is 2.48. The molecule has 0 bridgehead atoms. The molecular weight excluding hydrogens is 332 g/mol. The second kappa shape index (κ2) is 7.56. The summed E-state index contributed by atoms with van der Waals surface area (Å²) in [5.41, 5.74) is 2.74. The molecule has 0 aliphatic rings. The second-order valence-electron chi connectivity index (χ2n) is 5.63. The van der Waals surface area contributed by atoms with E-state index in [1.54, 1.807) is 49.2 Å². The molecular formula is C18H18N6O2. The van der Waals surface area contributed by atoms with Gasteiger partial charge in [0.25, 0.3) is 11.8 Å². The van der Waals surface area contributed by atoms with Crippen LogP contribution in [0.1, 0.15) is 32.1 Å². The number of rotatable bonds is 5. The van der Waals surface area contributed by atoms with Crippen molar-refractivity contribution in [2.45, 2.75) is 13.5 Å². The van der Waals surface area contributed by atoms with Crippen molar-refractivity contribution in [3.05, 3.63) is 71.3 Å². The molecule has 0 unspecified atom stereocenters. The number of pyridine rings is 1. The summed E-state index contributed by atoms with van der Waals surface area (Å²) in [4.78, 5) is 28.5. The second-order valence-corrected chi connectivity index (χ2v) is 5.63. The first-order valence-corrected chi connectivity index (χ1v) is 8.01. The number of anilines is 1. The lowest BCUT2D eigenvalue weighted by atomic mass is 10.1. The summed E-state index contributed by atoms with van der Waals surface area (Å²) in [6.07, 6.45) is 3.25. The van der Waals surface area contributed by atoms with E-state index in [0.29, 0.717) is 23.4 Å². The highest BCUT2D eigenvalue weighted by Crippen LogP contribution is 2.19. The highest BCUT2D eigenvalue weighted by molar-refractivity contribution is 6.04. The highest BCUT2D eigenvalue weighted by Gasteiger charge is 2.15. The number of carbonyl (C=O) groups is 2. The van der Waals surface area contributed by atoms with E-state index in [1.807, 2.05) is 18.2 Å². The third-order valence-electron chi connectivity index (χ3n) is 3.88. The van der Waals surface area contributed by atoms with Crippen LogP contribution in [0.5, 0.6) is 0 Å². The number of amides is 2. The van der Waals surface area contributed by atoms with Crippen molar-refractivity contribution in [1.82, 2.24) is 25.3 Å². The molecule has 3 aromatic rings. The first kappa shape index (κ1) is 17.3. The van der Waals surface area contributed by atoms with Crippen molar-refractivity contribution in [3.63, 3.8) is 0 Å². The Labute approximate surface area is 150 Å². The third-order valence-corrected chi connectivity index (χ3v) is 3.88. The summed E-state index contributed by atoms with van der Waals surface area (Å²) >= 11 is 0. The Bertz CT molecular complexity index is 936. The van der Waals surface area contributed by atoms with Crippen molar-refractivity contribution in [3.8, 4) is 0 Å². The average Bonchev–Trinajstić information content (AvgIpc) is 3.12. The summed E-state index contributed by atoms with van der Waals surface area (Å²) in [7, 11) is 1.56. The van der Waals surface area contributed by atoms with E-state index in [1.165, 1.54) is 0 Å². The molecule has 3 rings (SSSR count). The average molecular weight is 350 g/mol. The number of nitrogens with zero attached hydrogens (tertiary/aromatic N) is 4. The number of hydrogen-bond acceptors (Lipinski definition) is 5. The van der Waals surface area contributed by atoms with Gasteiger partial charge < -0.3 is 10.6 Å². The molecule has 1 aromatic carbocycles. The van der Waals surface area contributed by atoms with Gasteiger partial charge in [-0.25, -0.2) is 4.68 Å². The van der Waals surface area contributed by atoms with Gasteiger partial charge in [-0.3, -0.25) is 14.6 Å². The zero-order valence-corrected chi connectivity index (χ0v) is 14.4. The van der Waals surface area contributed by atoms with Gasteiger partial charge in [-0.15, -0.1) is 5.10 Å². The van der Waals surface area contributed by atoms with Crippen LogP contribution in [-0.2, 0) is 6.54 Å². The molecule has 8 nitrogen and oxygen atoms in total. The molecule has 2 aromatic heterocycles. The smallest absolute Gasteiger partial charge is 0.277 e. The van der Waals surface area contributed by atoms with Gasteiger partial charge in [0.2, 0.25) is 0 Å². The van der Waals surface area contributed by atoms with Crippen molar-refractivity contribution in [2.75, 3.05) is 12.4 Å². The zero-order valence-electron chi connectivity index (χ0n) is 14.4. The summed E-state index contributed by atoms with van der Waals surface area (Å²) in [5, 5.41) is 13.2. The predicted octanol–water partition coefficient (Wildman–Crippen LogP) is 1.64. The Kier molecular flexibility index (Phi) is 5.02. The molecule has 0 fully saturated rings. The molecule has 2 amide bonds. The van der Waals surface area contributed by atoms with Crippen LogP contribution in [-0.4, -0.2) is 38.8 Å². The Hall–Kier alpha value is -3.55. The van der Waals surface area contributed by atoms with Crippen molar-refractivity contribution < 1.29 is 9.59 Å². The van der Waals surface area contributed by atoms with Crippen LogP contribution in [0.2, 0.25) is 0 Å². The summed E-state index contributed by atoms with van der Waals surface area (Å²) < 4.78 is 1.55. The zero-order chi connectivity index (χ0) is 18.5. The van der Waals surface area contributed by atoms with E-state index >= 15 is 0 Å². The molecule has 26 heavy (non-hydrogen) atoms. The van der Waals surface area contributed by atoms with Crippen LogP contribution in [0.4, 0.5) is 5.69 Å². The summed E-state index contributed by atoms with van der Waals surface area (Å²) in [6.45, 7) is 2.20. The Morgan fingerprint density at radius 3 is 2.69 bits per heavy atom. The standard InChI is InChI=1S/C18H18N6O2/c1-12-14(17(25)19-2)7-5-8-15(12)21-18(26)16-11-24(23-22-16)10-13-6-3-4-9-20-13/h3-9,11H,10H2,1-2H3,(H,19,25)(H,21,26). The molecule has 0 aliphatic carbocycles. The molecule has 0 saturated heterocycles. The Morgan fingerprint density at radius 2 is 1.96 bits per heavy atom. The van der Waals surface area contributed by atoms with Gasteiger partial charge >= 0.3 is 0 Å². The maximum absolute atomic E-state index is 12.4. The lowest BCUT2D eigenvalue weighted by molar-refractivity contribution is 0.0960. The molecule has 0 aliphatic heterocycles. The Morgan fingerprint density at radius 1 is 1.12 bits per heavy atom. The topological polar surface area (TPSA) is 102 Å². The number of hydrogen-bond donors (Lipinski definition) is 2. The number of nitrogens with one attached hydrogen (secondary N) is 2. The number of benzene rings is 1. The van der Waals surface area contributed by atoms with E-state index in [0.717, 1.165) is 5.69 Å². The van der Waals surface area contributed by atoms with Crippen LogP contribution in [0.3, 0.4) is 0 Å². The monoisotopic (exact) mass is 350 g/mol. The van der Waals surface area contributed by atoms with E-state index in [9.17, 15) is 9.59 Å². The van der Waals surface area contributed by atoms with E-state index < -0.39 is 5.91 Å². The van der Waals surface area contributed by atoms with Crippen LogP contribution in [0, 0.1) is 6.92 Å². The largest absolute Gasteiger partial charge is 0.355 e. The predicted molar refractivity (Wildman–Crippen MR) is 95.9 cm³/mol. The molecule has 2 heterocycles. The lowest BCUT2D eigenvalue weighted by Crippen LogP contribution is -2.20. The van der Waals surface area contributed by atoms with E-state index in [-0.39, 0.29) is 11.6 Å². The minimum Gasteiger partial charge on any atom is -0.355 e. The van der Waals surface area contributed by atoms with E-state index in [2.05, 4.69) is 25.9 Å². The molecule has 0 saturated carbocycles. The fourth-order valence-electron chi connectivity index (χ4n) is 2.48. The van der Waals surface area contributed by atoms with Crippen LogP contribution < -0.4 is 10.6 Å². The minimum atomic E-state index is -0.394. The van der Waals surface area contributed by atoms with Gasteiger partial charge in [-0.2, -0.15) is 0 Å². The lowest BCUT2D eigenvalue weighted by Gasteiger charge is -2.10. The molecule has 2 N–H and O–H groups in total. The molecule has 0 spiro atoms. The van der Waals surface area contributed by atoms with Crippen LogP contribution >= 0.6 is 0 Å². The first-order valence-electron chi connectivity index (χ1n) is 8.01. The van der Waals surface area contributed by atoms with Gasteiger partial charge in [-0.1, -0.05) is 17.3 Å². The van der Waals surface area contributed by atoms with E-state index in [4.69, 9.17) is 0 Å². The minimum absolute atomic E-state index is 0.186. The van der Waals surface area contributed by atoms with Gasteiger partial charge in [0, 0.05) is 24.5 Å². The Balaban J connectivity index is 1.74. The number of carbonyl (C=O) groups excluding carboxylic acids is 2. The quantitative estimate of drug-likeness (QED) is 0.728. The van der Waals surface area contributed by atoms with Gasteiger partial charge in [0.15, 0.2) is 5.69 Å². The van der Waals surface area contributed by atoms with Crippen molar-refractivity contribution in [2.24, 2.45) is 0 Å². The molecule has 0 radical (unpaired) electrons. The molecule has 132 valence electrons. The van der Waals surface area contributed by atoms with Crippen LogP contribution in [0.25, 0.3) is 0 Å². The highest BCUT2D eigenvalue weighted by atomic mass is 16.2. The van der Waals surface area contributed by atoms with Gasteiger partial charge in [0.1, 0.15) is 0 Å². The summed E-state index contributed by atoms with van der Waals surface area (Å²) in [6, 6.07) is 10.7. The molecule has 8 heteroatoms. The summed E-state index contributed by atoms with van der Waals surface area (Å²) in [5.74, 6) is -0.602. The number of aromatic nitrogens is 4. The SMILES string of the molecule is CNC(=O)c1cccc(NC(=O)c2cn(Cc3ccccn3)nn2)c1C. The third kappa shape index (κ3) is 3.75. The maximum atomic E-state index is 12.4. The molecule has 0 atom stereocenters. The van der Waals surface area contributed by atoms with Gasteiger partial charge in [0.05, 0.1) is 18.4 Å². The van der Waals surface area contributed by atoms with Crippen molar-refractivity contribution >= 4 is 17.5 Å². The van der Waals surface area contributed by atoms with Crippen LogP contribution in [0.15, 0.2) is 48.8 Å². The van der Waals surface area contributed by atoms with Crippen molar-refractivity contribution in [1.29, 1.82) is 0 Å². The normalized spacial score (nSPS) is 10.4. The van der Waals surface area contributed by atoms with Gasteiger partial charge in [-0.05, 0) is 36.8 Å².